The SMILES string of the molecule is Cc1nc(N)nc(N2CCOC(C)(C)C2)c1[N+](=O)[O-]. The van der Waals surface area contributed by atoms with Crippen LogP contribution in [0.25, 0.3) is 0 Å². The van der Waals surface area contributed by atoms with Gasteiger partial charge in [0.05, 0.1) is 17.1 Å². The standard InChI is InChI=1S/C11H17N5O3/c1-7-8(16(17)18)9(14-10(12)13-7)15-4-5-19-11(2,3)6-15/h4-6H2,1-3H3,(H2,12,13,14). The first-order chi connectivity index (χ1) is 8.80. The van der Waals surface area contributed by atoms with Gasteiger partial charge in [0.25, 0.3) is 0 Å². The maximum atomic E-state index is 11.2. The lowest BCUT2D eigenvalue weighted by molar-refractivity contribution is -0.385. The summed E-state index contributed by atoms with van der Waals surface area (Å²) in [5.41, 5.74) is 5.41. The Kier molecular flexibility index (Phi) is 3.27. The Bertz CT molecular complexity index is 517. The number of aromatic nitrogens is 2. The highest BCUT2D eigenvalue weighted by molar-refractivity contribution is 5.62. The minimum Gasteiger partial charge on any atom is -0.372 e. The number of aryl methyl sites for hydroxylation is 1. The van der Waals surface area contributed by atoms with Gasteiger partial charge in [0.1, 0.15) is 5.69 Å². The molecule has 1 saturated heterocycles. The van der Waals surface area contributed by atoms with Crippen LogP contribution in [0.15, 0.2) is 0 Å². The summed E-state index contributed by atoms with van der Waals surface area (Å²) in [5, 5.41) is 11.2. The van der Waals surface area contributed by atoms with Crippen molar-refractivity contribution in [2.75, 3.05) is 30.3 Å². The summed E-state index contributed by atoms with van der Waals surface area (Å²) in [6.45, 7) is 6.98. The molecule has 0 saturated carbocycles. The highest BCUT2D eigenvalue weighted by Crippen LogP contribution is 2.31. The summed E-state index contributed by atoms with van der Waals surface area (Å²) in [7, 11) is 0. The number of nitrogen functional groups attached to an aromatic ring is 1. The molecule has 1 aliphatic heterocycles. The number of hydrogen-bond acceptors (Lipinski definition) is 7. The van der Waals surface area contributed by atoms with Gasteiger partial charge in [0.2, 0.25) is 11.8 Å². The van der Waals surface area contributed by atoms with E-state index < -0.39 is 4.92 Å². The highest BCUT2D eigenvalue weighted by atomic mass is 16.6. The lowest BCUT2D eigenvalue weighted by atomic mass is 10.1. The van der Waals surface area contributed by atoms with Gasteiger partial charge in [-0.15, -0.1) is 0 Å². The van der Waals surface area contributed by atoms with E-state index in [1.807, 2.05) is 18.7 Å². The number of rotatable bonds is 2. The molecular weight excluding hydrogens is 250 g/mol. The van der Waals surface area contributed by atoms with E-state index >= 15 is 0 Å². The zero-order valence-corrected chi connectivity index (χ0v) is 11.2. The number of nitro groups is 1. The number of anilines is 2. The van der Waals surface area contributed by atoms with Crippen molar-refractivity contribution in [2.45, 2.75) is 26.4 Å². The quantitative estimate of drug-likeness (QED) is 0.626. The Morgan fingerprint density at radius 2 is 2.16 bits per heavy atom. The van der Waals surface area contributed by atoms with E-state index in [4.69, 9.17) is 10.5 Å². The number of nitrogens with zero attached hydrogens (tertiary/aromatic N) is 4. The molecule has 0 atom stereocenters. The van der Waals surface area contributed by atoms with Crippen molar-refractivity contribution in [1.82, 2.24) is 9.97 Å². The Morgan fingerprint density at radius 1 is 1.47 bits per heavy atom. The predicted octanol–water partition coefficient (Wildman–Crippen LogP) is 0.891. The molecule has 1 aliphatic rings. The molecule has 1 fully saturated rings. The Hall–Kier alpha value is -1.96. The van der Waals surface area contributed by atoms with E-state index in [2.05, 4.69) is 9.97 Å². The third kappa shape index (κ3) is 2.73. The molecule has 0 spiro atoms. The van der Waals surface area contributed by atoms with E-state index in [-0.39, 0.29) is 28.7 Å². The fraction of sp³-hybridized carbons (Fsp3) is 0.636. The first-order valence-corrected chi connectivity index (χ1v) is 5.97. The molecule has 0 aromatic carbocycles. The van der Waals surface area contributed by atoms with E-state index in [0.29, 0.717) is 19.7 Å². The average molecular weight is 267 g/mol. The van der Waals surface area contributed by atoms with Crippen LogP contribution in [-0.2, 0) is 4.74 Å². The predicted molar refractivity (Wildman–Crippen MR) is 70.1 cm³/mol. The summed E-state index contributed by atoms with van der Waals surface area (Å²) >= 11 is 0. The molecule has 8 nitrogen and oxygen atoms in total. The minimum absolute atomic E-state index is 0.0439. The van der Waals surface area contributed by atoms with Crippen molar-refractivity contribution in [2.24, 2.45) is 0 Å². The monoisotopic (exact) mass is 267 g/mol. The van der Waals surface area contributed by atoms with E-state index in [0.717, 1.165) is 0 Å². The smallest absolute Gasteiger partial charge is 0.332 e. The van der Waals surface area contributed by atoms with Crippen molar-refractivity contribution in [3.63, 3.8) is 0 Å². The Labute approximate surface area is 110 Å². The molecule has 0 radical (unpaired) electrons. The van der Waals surface area contributed by atoms with E-state index in [9.17, 15) is 10.1 Å². The summed E-state index contributed by atoms with van der Waals surface area (Å²) in [6, 6.07) is 0. The van der Waals surface area contributed by atoms with Crippen molar-refractivity contribution in [3.05, 3.63) is 15.8 Å². The number of ether oxygens (including phenoxy) is 1. The molecule has 8 heteroatoms. The second-order valence-electron chi connectivity index (χ2n) is 5.13. The first kappa shape index (κ1) is 13.5. The van der Waals surface area contributed by atoms with Crippen LogP contribution in [0.4, 0.5) is 17.5 Å². The lowest BCUT2D eigenvalue weighted by Gasteiger charge is -2.38. The van der Waals surface area contributed by atoms with Crippen molar-refractivity contribution in [3.8, 4) is 0 Å². The van der Waals surface area contributed by atoms with Crippen LogP contribution in [0.1, 0.15) is 19.5 Å². The molecule has 0 bridgehead atoms. The van der Waals surface area contributed by atoms with Gasteiger partial charge in [-0.25, -0.2) is 4.98 Å². The van der Waals surface area contributed by atoms with Gasteiger partial charge in [-0.2, -0.15) is 4.98 Å². The minimum atomic E-state index is -0.466. The van der Waals surface area contributed by atoms with Gasteiger partial charge in [0.15, 0.2) is 0 Å². The largest absolute Gasteiger partial charge is 0.372 e. The summed E-state index contributed by atoms with van der Waals surface area (Å²) in [4.78, 5) is 20.4. The van der Waals surface area contributed by atoms with Gasteiger partial charge in [-0.05, 0) is 20.8 Å². The van der Waals surface area contributed by atoms with Crippen LogP contribution in [0.5, 0.6) is 0 Å². The molecule has 1 aromatic heterocycles. The molecule has 104 valence electrons. The molecule has 2 heterocycles. The topological polar surface area (TPSA) is 107 Å². The number of morpholine rings is 1. The fourth-order valence-corrected chi connectivity index (χ4v) is 2.20. The Balaban J connectivity index is 2.46. The van der Waals surface area contributed by atoms with Crippen LogP contribution in [0.2, 0.25) is 0 Å². The van der Waals surface area contributed by atoms with Gasteiger partial charge < -0.3 is 15.4 Å². The van der Waals surface area contributed by atoms with Crippen molar-refractivity contribution < 1.29 is 9.66 Å². The zero-order valence-electron chi connectivity index (χ0n) is 11.2. The molecule has 1 aromatic rings. The summed E-state index contributed by atoms with van der Waals surface area (Å²) in [5.74, 6) is 0.314. The lowest BCUT2D eigenvalue weighted by Crippen LogP contribution is -2.49. The van der Waals surface area contributed by atoms with E-state index in [1.54, 1.807) is 6.92 Å². The molecule has 19 heavy (non-hydrogen) atoms. The second-order valence-corrected chi connectivity index (χ2v) is 5.13. The highest BCUT2D eigenvalue weighted by Gasteiger charge is 2.33. The average Bonchev–Trinajstić information content (AvgIpc) is 2.25. The van der Waals surface area contributed by atoms with Crippen LogP contribution >= 0.6 is 0 Å². The van der Waals surface area contributed by atoms with Crippen LogP contribution in [0.3, 0.4) is 0 Å². The fourth-order valence-electron chi connectivity index (χ4n) is 2.20. The Morgan fingerprint density at radius 3 is 2.74 bits per heavy atom. The third-order valence-electron chi connectivity index (χ3n) is 2.96. The zero-order chi connectivity index (χ0) is 14.2. The van der Waals surface area contributed by atoms with Gasteiger partial charge in [0, 0.05) is 13.1 Å². The maximum Gasteiger partial charge on any atom is 0.332 e. The number of hydrogen-bond donors (Lipinski definition) is 1. The molecule has 0 unspecified atom stereocenters. The summed E-state index contributed by atoms with van der Waals surface area (Å²) in [6.07, 6.45) is 0. The van der Waals surface area contributed by atoms with Crippen LogP contribution in [0, 0.1) is 17.0 Å². The van der Waals surface area contributed by atoms with Gasteiger partial charge in [-0.3, -0.25) is 10.1 Å². The maximum absolute atomic E-state index is 11.2. The third-order valence-corrected chi connectivity index (χ3v) is 2.96. The van der Waals surface area contributed by atoms with Crippen LogP contribution in [-0.4, -0.2) is 40.2 Å². The van der Waals surface area contributed by atoms with Crippen molar-refractivity contribution >= 4 is 17.5 Å². The van der Waals surface area contributed by atoms with E-state index in [1.165, 1.54) is 0 Å². The first-order valence-electron chi connectivity index (χ1n) is 5.97. The van der Waals surface area contributed by atoms with Gasteiger partial charge >= 0.3 is 5.69 Å². The molecule has 0 aliphatic carbocycles. The molecular formula is C11H17N5O3. The normalized spacial score (nSPS) is 18.4. The van der Waals surface area contributed by atoms with Gasteiger partial charge in [-0.1, -0.05) is 0 Å². The molecule has 2 N–H and O–H groups in total. The van der Waals surface area contributed by atoms with Crippen molar-refractivity contribution in [1.29, 1.82) is 0 Å². The second kappa shape index (κ2) is 4.61. The number of nitrogens with two attached hydrogens (primary N) is 1. The summed E-state index contributed by atoms with van der Waals surface area (Å²) < 4.78 is 5.59. The van der Waals surface area contributed by atoms with Crippen LogP contribution < -0.4 is 10.6 Å². The molecule has 2 rings (SSSR count). The molecule has 0 amide bonds.